The first-order valence-electron chi connectivity index (χ1n) is 9.57. The molecule has 134 valence electrons. The van der Waals surface area contributed by atoms with E-state index in [-0.39, 0.29) is 0 Å². The zero-order chi connectivity index (χ0) is 17.1. The van der Waals surface area contributed by atoms with E-state index in [2.05, 4.69) is 34.0 Å². The number of thiazole rings is 1. The number of nitrogens with zero attached hydrogens (tertiary/aromatic N) is 4. The van der Waals surface area contributed by atoms with Crippen molar-refractivity contribution < 1.29 is 0 Å². The highest BCUT2D eigenvalue weighted by Crippen LogP contribution is 2.29. The Bertz CT molecular complexity index is 653. The Balaban J connectivity index is 1.51. The molecule has 1 aliphatic heterocycles. The number of likely N-dealkylation sites (tertiary alicyclic amines) is 1. The van der Waals surface area contributed by atoms with Crippen LogP contribution in [0.1, 0.15) is 46.8 Å². The van der Waals surface area contributed by atoms with E-state index in [0.29, 0.717) is 6.04 Å². The molecule has 3 heterocycles. The van der Waals surface area contributed by atoms with Crippen LogP contribution in [-0.2, 0) is 25.9 Å². The van der Waals surface area contributed by atoms with Crippen molar-refractivity contribution in [3.63, 3.8) is 0 Å². The lowest BCUT2D eigenvalue weighted by molar-refractivity contribution is 0.108. The number of aryl methyl sites for hydroxylation is 2. The SMILES string of the molecule is CN1CCC(N(Cc2ccncc2)Cc2nc3c(s2)CCCC3)CC1. The summed E-state index contributed by atoms with van der Waals surface area (Å²) in [4.78, 5) is 15.8. The Hall–Kier alpha value is -1.30. The van der Waals surface area contributed by atoms with Gasteiger partial charge in [-0.2, -0.15) is 0 Å². The second kappa shape index (κ2) is 7.94. The summed E-state index contributed by atoms with van der Waals surface area (Å²) in [5.74, 6) is 0. The van der Waals surface area contributed by atoms with Crippen molar-refractivity contribution in [1.29, 1.82) is 0 Å². The van der Waals surface area contributed by atoms with Crippen molar-refractivity contribution in [2.24, 2.45) is 0 Å². The van der Waals surface area contributed by atoms with Crippen molar-refractivity contribution in [2.75, 3.05) is 20.1 Å². The smallest absolute Gasteiger partial charge is 0.107 e. The Morgan fingerprint density at radius 2 is 1.88 bits per heavy atom. The van der Waals surface area contributed by atoms with Crippen LogP contribution in [0.25, 0.3) is 0 Å². The first-order valence-corrected chi connectivity index (χ1v) is 10.4. The molecule has 0 unspecified atom stereocenters. The number of hydrogen-bond acceptors (Lipinski definition) is 5. The van der Waals surface area contributed by atoms with Gasteiger partial charge in [-0.25, -0.2) is 4.98 Å². The Morgan fingerprint density at radius 3 is 2.64 bits per heavy atom. The van der Waals surface area contributed by atoms with Gasteiger partial charge in [0.2, 0.25) is 0 Å². The summed E-state index contributed by atoms with van der Waals surface area (Å²) in [6, 6.07) is 4.95. The second-order valence-corrected chi connectivity index (χ2v) is 8.65. The van der Waals surface area contributed by atoms with E-state index in [1.807, 2.05) is 23.7 Å². The van der Waals surface area contributed by atoms with Gasteiger partial charge in [-0.15, -0.1) is 11.3 Å². The van der Waals surface area contributed by atoms with Crippen LogP contribution in [0.2, 0.25) is 0 Å². The lowest BCUT2D eigenvalue weighted by Gasteiger charge is -2.37. The van der Waals surface area contributed by atoms with Gasteiger partial charge in [-0.1, -0.05) is 0 Å². The summed E-state index contributed by atoms with van der Waals surface area (Å²) in [6.07, 6.45) is 11.4. The fourth-order valence-electron chi connectivity index (χ4n) is 4.04. The molecular weight excluding hydrogens is 328 g/mol. The van der Waals surface area contributed by atoms with E-state index >= 15 is 0 Å². The van der Waals surface area contributed by atoms with Crippen LogP contribution in [0.3, 0.4) is 0 Å². The molecule has 2 aromatic heterocycles. The van der Waals surface area contributed by atoms with E-state index in [0.717, 1.165) is 13.1 Å². The number of aromatic nitrogens is 2. The van der Waals surface area contributed by atoms with Gasteiger partial charge in [0, 0.05) is 29.9 Å². The molecule has 0 aromatic carbocycles. The average Bonchev–Trinajstić information content (AvgIpc) is 3.05. The van der Waals surface area contributed by atoms with Crippen LogP contribution in [0.5, 0.6) is 0 Å². The van der Waals surface area contributed by atoms with Crippen LogP contribution in [0.4, 0.5) is 0 Å². The Labute approximate surface area is 154 Å². The van der Waals surface area contributed by atoms with Gasteiger partial charge in [0.15, 0.2) is 0 Å². The second-order valence-electron chi connectivity index (χ2n) is 7.48. The standard InChI is InChI=1S/C20H28N4S/c1-23-12-8-17(9-13-23)24(14-16-6-10-21-11-7-16)15-20-22-18-4-2-3-5-19(18)25-20/h6-7,10-11,17H,2-5,8-9,12-15H2,1H3. The normalized spacial score (nSPS) is 19.3. The van der Waals surface area contributed by atoms with Crippen molar-refractivity contribution in [1.82, 2.24) is 19.8 Å². The summed E-state index contributed by atoms with van der Waals surface area (Å²) in [6.45, 7) is 4.40. The van der Waals surface area contributed by atoms with Gasteiger partial charge < -0.3 is 4.90 Å². The van der Waals surface area contributed by atoms with Crippen LogP contribution in [-0.4, -0.2) is 45.9 Å². The highest BCUT2D eigenvalue weighted by Gasteiger charge is 2.25. The van der Waals surface area contributed by atoms with E-state index in [1.165, 1.54) is 67.9 Å². The largest absolute Gasteiger partial charge is 0.306 e. The first kappa shape index (κ1) is 17.1. The van der Waals surface area contributed by atoms with E-state index in [4.69, 9.17) is 4.98 Å². The fraction of sp³-hybridized carbons (Fsp3) is 0.600. The quantitative estimate of drug-likeness (QED) is 0.821. The summed E-state index contributed by atoms with van der Waals surface area (Å²) < 4.78 is 0. The topological polar surface area (TPSA) is 32.3 Å². The maximum absolute atomic E-state index is 5.00. The van der Waals surface area contributed by atoms with E-state index < -0.39 is 0 Å². The van der Waals surface area contributed by atoms with Gasteiger partial charge in [0.1, 0.15) is 5.01 Å². The summed E-state index contributed by atoms with van der Waals surface area (Å²) >= 11 is 1.96. The lowest BCUT2D eigenvalue weighted by Crippen LogP contribution is -2.43. The van der Waals surface area contributed by atoms with Crippen LogP contribution in [0.15, 0.2) is 24.5 Å². The molecule has 5 heteroatoms. The molecule has 0 saturated carbocycles. The molecule has 4 rings (SSSR count). The molecule has 0 N–H and O–H groups in total. The third kappa shape index (κ3) is 4.27. The molecule has 25 heavy (non-hydrogen) atoms. The third-order valence-electron chi connectivity index (χ3n) is 5.57. The van der Waals surface area contributed by atoms with Crippen molar-refractivity contribution in [3.05, 3.63) is 45.7 Å². The maximum Gasteiger partial charge on any atom is 0.107 e. The number of hydrogen-bond donors (Lipinski definition) is 0. The maximum atomic E-state index is 5.00. The summed E-state index contributed by atoms with van der Waals surface area (Å²) in [5, 5.41) is 1.32. The van der Waals surface area contributed by atoms with Crippen molar-refractivity contribution in [2.45, 2.75) is 57.7 Å². The minimum Gasteiger partial charge on any atom is -0.306 e. The minimum atomic E-state index is 0.658. The van der Waals surface area contributed by atoms with Crippen LogP contribution in [0, 0.1) is 0 Å². The Kier molecular flexibility index (Phi) is 5.44. The van der Waals surface area contributed by atoms with Gasteiger partial charge in [-0.05, 0) is 76.4 Å². The molecule has 2 aliphatic rings. The van der Waals surface area contributed by atoms with E-state index in [9.17, 15) is 0 Å². The number of rotatable bonds is 5. The highest BCUT2D eigenvalue weighted by atomic mass is 32.1. The molecule has 0 amide bonds. The summed E-state index contributed by atoms with van der Waals surface area (Å²) in [7, 11) is 2.23. The molecular formula is C20H28N4S. The van der Waals surface area contributed by atoms with Gasteiger partial charge >= 0.3 is 0 Å². The molecule has 0 atom stereocenters. The van der Waals surface area contributed by atoms with Gasteiger partial charge in [0.05, 0.1) is 12.2 Å². The zero-order valence-corrected chi connectivity index (χ0v) is 16.0. The molecule has 2 aromatic rings. The molecule has 4 nitrogen and oxygen atoms in total. The molecule has 1 fully saturated rings. The number of fused-ring (bicyclic) bond motifs is 1. The summed E-state index contributed by atoms with van der Waals surface area (Å²) in [5.41, 5.74) is 2.74. The van der Waals surface area contributed by atoms with Crippen molar-refractivity contribution >= 4 is 11.3 Å². The Morgan fingerprint density at radius 1 is 1.12 bits per heavy atom. The monoisotopic (exact) mass is 356 g/mol. The predicted molar refractivity (Wildman–Crippen MR) is 103 cm³/mol. The van der Waals surface area contributed by atoms with E-state index in [1.54, 1.807) is 4.88 Å². The van der Waals surface area contributed by atoms with Gasteiger partial charge in [0.25, 0.3) is 0 Å². The van der Waals surface area contributed by atoms with Crippen LogP contribution < -0.4 is 0 Å². The molecule has 1 saturated heterocycles. The first-order chi connectivity index (χ1) is 12.3. The minimum absolute atomic E-state index is 0.658. The molecule has 1 aliphatic carbocycles. The lowest BCUT2D eigenvalue weighted by atomic mass is 10.0. The highest BCUT2D eigenvalue weighted by molar-refractivity contribution is 7.11. The molecule has 0 spiro atoms. The number of pyridine rings is 1. The third-order valence-corrected chi connectivity index (χ3v) is 6.71. The predicted octanol–water partition coefficient (Wildman–Crippen LogP) is 3.51. The van der Waals surface area contributed by atoms with Gasteiger partial charge in [-0.3, -0.25) is 9.88 Å². The molecule has 0 radical (unpaired) electrons. The van der Waals surface area contributed by atoms with Crippen LogP contribution >= 0.6 is 11.3 Å². The average molecular weight is 357 g/mol. The van der Waals surface area contributed by atoms with Crippen molar-refractivity contribution in [3.8, 4) is 0 Å². The fourth-order valence-corrected chi connectivity index (χ4v) is 5.23. The number of piperidine rings is 1. The zero-order valence-electron chi connectivity index (χ0n) is 15.2. The molecule has 0 bridgehead atoms.